The molecule has 0 aliphatic rings. The average Bonchev–Trinajstić information content (AvgIpc) is 3.13. The second-order valence-corrected chi connectivity index (χ2v) is 5.23. The normalized spacial score (nSPS) is 11.1. The van der Waals surface area contributed by atoms with E-state index in [2.05, 4.69) is 15.2 Å². The van der Waals surface area contributed by atoms with Gasteiger partial charge in [0.05, 0.1) is 5.56 Å². The molecule has 0 aliphatic carbocycles. The van der Waals surface area contributed by atoms with Crippen LogP contribution in [-0.4, -0.2) is 15.2 Å². The highest BCUT2D eigenvalue weighted by Gasteiger charge is 2.13. The lowest BCUT2D eigenvalue weighted by atomic mass is 10.0. The Balaban J connectivity index is 1.94. The van der Waals surface area contributed by atoms with Crippen molar-refractivity contribution in [3.8, 4) is 22.6 Å². The highest BCUT2D eigenvalue weighted by molar-refractivity contribution is 7.71. The number of fused-ring (bicyclic) bond motifs is 1. The second-order valence-electron chi connectivity index (χ2n) is 4.86. The van der Waals surface area contributed by atoms with Crippen LogP contribution in [0.5, 0.6) is 0 Å². The van der Waals surface area contributed by atoms with Gasteiger partial charge >= 0.3 is 0 Å². The maximum absolute atomic E-state index is 14.0. The summed E-state index contributed by atoms with van der Waals surface area (Å²) < 4.78 is 19.3. The molecule has 2 aromatic heterocycles. The van der Waals surface area contributed by atoms with Gasteiger partial charge < -0.3 is 9.40 Å². The average molecular weight is 311 g/mol. The number of hydrogen-bond acceptors (Lipinski definition) is 3. The number of nitrogens with zero attached hydrogens (tertiary/aromatic N) is 1. The molecule has 22 heavy (non-hydrogen) atoms. The van der Waals surface area contributed by atoms with E-state index in [-0.39, 0.29) is 10.7 Å². The minimum Gasteiger partial charge on any atom is -0.409 e. The van der Waals surface area contributed by atoms with Crippen molar-refractivity contribution in [3.05, 3.63) is 59.3 Å². The second kappa shape index (κ2) is 4.92. The largest absolute Gasteiger partial charge is 0.409 e. The Morgan fingerprint density at radius 2 is 1.95 bits per heavy atom. The molecule has 0 unspecified atom stereocenters. The van der Waals surface area contributed by atoms with Gasteiger partial charge in [-0.3, -0.25) is 0 Å². The van der Waals surface area contributed by atoms with Crippen molar-refractivity contribution in [3.63, 3.8) is 0 Å². The van der Waals surface area contributed by atoms with Gasteiger partial charge in [-0.05, 0) is 36.0 Å². The zero-order valence-corrected chi connectivity index (χ0v) is 12.1. The molecular formula is C16H10FN3OS. The molecule has 0 saturated heterocycles. The Morgan fingerprint density at radius 1 is 1.09 bits per heavy atom. The van der Waals surface area contributed by atoms with E-state index in [1.165, 1.54) is 6.07 Å². The maximum atomic E-state index is 14.0. The number of aromatic amines is 2. The van der Waals surface area contributed by atoms with Crippen LogP contribution in [0.1, 0.15) is 0 Å². The highest BCUT2D eigenvalue weighted by Crippen LogP contribution is 2.32. The van der Waals surface area contributed by atoms with Crippen molar-refractivity contribution < 1.29 is 8.81 Å². The van der Waals surface area contributed by atoms with E-state index in [0.717, 1.165) is 22.0 Å². The van der Waals surface area contributed by atoms with Crippen LogP contribution in [0, 0.1) is 10.7 Å². The van der Waals surface area contributed by atoms with E-state index in [9.17, 15) is 4.39 Å². The quantitative estimate of drug-likeness (QED) is 0.528. The summed E-state index contributed by atoms with van der Waals surface area (Å²) in [7, 11) is 0. The summed E-state index contributed by atoms with van der Waals surface area (Å²) in [5.74, 6) is 0.151. The number of rotatable bonds is 2. The van der Waals surface area contributed by atoms with Crippen LogP contribution >= 0.6 is 12.2 Å². The van der Waals surface area contributed by atoms with Crippen LogP contribution in [0.3, 0.4) is 0 Å². The predicted molar refractivity (Wildman–Crippen MR) is 84.4 cm³/mol. The molecule has 6 heteroatoms. The van der Waals surface area contributed by atoms with Gasteiger partial charge in [0.25, 0.3) is 4.84 Å². The Bertz CT molecular complexity index is 1030. The van der Waals surface area contributed by atoms with Gasteiger partial charge in [0.2, 0.25) is 5.89 Å². The summed E-state index contributed by atoms with van der Waals surface area (Å²) in [4.78, 5) is 3.36. The molecule has 0 saturated carbocycles. The molecule has 0 aliphatic heterocycles. The van der Waals surface area contributed by atoms with Crippen molar-refractivity contribution in [1.82, 2.24) is 15.2 Å². The van der Waals surface area contributed by atoms with Gasteiger partial charge in [0.15, 0.2) is 0 Å². The first-order valence-corrected chi connectivity index (χ1v) is 7.05. The van der Waals surface area contributed by atoms with Crippen molar-refractivity contribution in [2.75, 3.05) is 0 Å². The standard InChI is InChI=1S/C16H10FN3OS/c17-13-4-2-1-3-10(13)9-5-6-14-11(7-9)12(8-18-14)15-19-20-16(22)21-15/h1-8,18H,(H,20,22). The highest BCUT2D eigenvalue weighted by atomic mass is 32.1. The molecule has 2 aromatic carbocycles. The van der Waals surface area contributed by atoms with Gasteiger partial charge in [0.1, 0.15) is 5.82 Å². The zero-order chi connectivity index (χ0) is 15.1. The Morgan fingerprint density at radius 3 is 2.73 bits per heavy atom. The minimum atomic E-state index is -0.253. The summed E-state index contributed by atoms with van der Waals surface area (Å²) in [6.45, 7) is 0. The molecule has 0 bridgehead atoms. The first-order chi connectivity index (χ1) is 10.7. The lowest BCUT2D eigenvalue weighted by molar-refractivity contribution is 0.552. The fourth-order valence-corrected chi connectivity index (χ4v) is 2.63. The van der Waals surface area contributed by atoms with Crippen LogP contribution in [-0.2, 0) is 0 Å². The number of aromatic nitrogens is 3. The summed E-state index contributed by atoms with van der Waals surface area (Å²) in [6, 6.07) is 12.4. The van der Waals surface area contributed by atoms with E-state index in [1.807, 2.05) is 24.3 Å². The SMILES string of the molecule is Fc1ccccc1-c1ccc2[nH]cc(-c3n[nH]c(=S)o3)c2c1. The molecule has 4 rings (SSSR count). The van der Waals surface area contributed by atoms with Gasteiger partial charge in [-0.15, -0.1) is 5.10 Å². The molecule has 4 aromatic rings. The van der Waals surface area contributed by atoms with Gasteiger partial charge in [-0.2, -0.15) is 0 Å². The first-order valence-electron chi connectivity index (χ1n) is 6.64. The zero-order valence-electron chi connectivity index (χ0n) is 11.3. The fourth-order valence-electron chi connectivity index (χ4n) is 2.51. The molecule has 4 nitrogen and oxygen atoms in total. The molecule has 0 fully saturated rings. The molecule has 2 heterocycles. The third-order valence-electron chi connectivity index (χ3n) is 3.54. The smallest absolute Gasteiger partial charge is 0.284 e. The van der Waals surface area contributed by atoms with Crippen molar-refractivity contribution in [2.24, 2.45) is 0 Å². The monoisotopic (exact) mass is 311 g/mol. The fraction of sp³-hybridized carbons (Fsp3) is 0. The maximum Gasteiger partial charge on any atom is 0.284 e. The third kappa shape index (κ3) is 2.05. The van der Waals surface area contributed by atoms with Crippen molar-refractivity contribution in [2.45, 2.75) is 0 Å². The predicted octanol–water partition coefficient (Wildman–Crippen LogP) is 4.69. The molecule has 108 valence electrons. The van der Waals surface area contributed by atoms with Crippen LogP contribution in [0.4, 0.5) is 4.39 Å². The van der Waals surface area contributed by atoms with Crippen molar-refractivity contribution in [1.29, 1.82) is 0 Å². The van der Waals surface area contributed by atoms with E-state index in [4.69, 9.17) is 16.6 Å². The van der Waals surface area contributed by atoms with Crippen LogP contribution in [0.25, 0.3) is 33.5 Å². The summed E-state index contributed by atoms with van der Waals surface area (Å²) >= 11 is 4.90. The molecule has 0 amide bonds. The molecule has 0 spiro atoms. The summed E-state index contributed by atoms with van der Waals surface area (Å²) in [6.07, 6.45) is 1.80. The summed E-state index contributed by atoms with van der Waals surface area (Å²) in [5.41, 5.74) is 3.04. The van der Waals surface area contributed by atoms with E-state index < -0.39 is 0 Å². The number of hydrogen-bond donors (Lipinski definition) is 2. The molecule has 2 N–H and O–H groups in total. The number of H-pyrrole nitrogens is 2. The van der Waals surface area contributed by atoms with Crippen LogP contribution < -0.4 is 0 Å². The third-order valence-corrected chi connectivity index (χ3v) is 3.71. The number of nitrogens with one attached hydrogen (secondary N) is 2. The Hall–Kier alpha value is -2.73. The number of benzene rings is 2. The van der Waals surface area contributed by atoms with Crippen LogP contribution in [0.2, 0.25) is 0 Å². The Kier molecular flexibility index (Phi) is 2.90. The van der Waals surface area contributed by atoms with Gasteiger partial charge in [0, 0.05) is 22.7 Å². The van der Waals surface area contributed by atoms with Crippen molar-refractivity contribution >= 4 is 23.1 Å². The molecular weight excluding hydrogens is 301 g/mol. The van der Waals surface area contributed by atoms with Gasteiger partial charge in [-0.25, -0.2) is 9.49 Å². The lowest BCUT2D eigenvalue weighted by Gasteiger charge is -2.04. The van der Waals surface area contributed by atoms with Crippen LogP contribution in [0.15, 0.2) is 53.1 Å². The Labute approximate surface area is 129 Å². The lowest BCUT2D eigenvalue weighted by Crippen LogP contribution is -1.84. The first kappa shape index (κ1) is 13.0. The molecule has 0 atom stereocenters. The van der Waals surface area contributed by atoms with Gasteiger partial charge in [-0.1, -0.05) is 24.3 Å². The van der Waals surface area contributed by atoms with E-state index in [1.54, 1.807) is 18.3 Å². The molecule has 0 radical (unpaired) electrons. The van der Waals surface area contributed by atoms with E-state index >= 15 is 0 Å². The summed E-state index contributed by atoms with van der Waals surface area (Å²) in [5, 5.41) is 7.53. The van der Waals surface area contributed by atoms with E-state index in [0.29, 0.717) is 11.5 Å². The minimum absolute atomic E-state index is 0.217. The topological polar surface area (TPSA) is 57.6 Å². The number of halogens is 1.